The number of carbonyl (C=O) groups is 2. The Bertz CT molecular complexity index is 647. The van der Waals surface area contributed by atoms with Crippen molar-refractivity contribution >= 4 is 28.1 Å². The molecule has 6 nitrogen and oxygen atoms in total. The molecule has 0 aliphatic carbocycles. The van der Waals surface area contributed by atoms with Gasteiger partial charge in [-0.05, 0) is 5.92 Å². The molecule has 3 heterocycles. The van der Waals surface area contributed by atoms with Gasteiger partial charge >= 0.3 is 0 Å². The van der Waals surface area contributed by atoms with Crippen LogP contribution in [0.3, 0.4) is 0 Å². The summed E-state index contributed by atoms with van der Waals surface area (Å²) in [6.45, 7) is 4.78. The van der Waals surface area contributed by atoms with Gasteiger partial charge < -0.3 is 10.2 Å². The highest BCUT2D eigenvalue weighted by atomic mass is 32.1. The second kappa shape index (κ2) is 5.48. The molecule has 1 N–H and O–H groups in total. The molecule has 1 unspecified atom stereocenters. The Morgan fingerprint density at radius 2 is 2.29 bits per heavy atom. The summed E-state index contributed by atoms with van der Waals surface area (Å²) in [4.78, 5) is 31.5. The highest BCUT2D eigenvalue weighted by molar-refractivity contribution is 7.15. The van der Waals surface area contributed by atoms with Gasteiger partial charge in [0, 0.05) is 30.7 Å². The molecule has 21 heavy (non-hydrogen) atoms. The predicted molar refractivity (Wildman–Crippen MR) is 79.9 cm³/mol. The lowest BCUT2D eigenvalue weighted by Crippen LogP contribution is -2.47. The van der Waals surface area contributed by atoms with Gasteiger partial charge in [0.05, 0.1) is 12.2 Å². The van der Waals surface area contributed by atoms with Crippen molar-refractivity contribution in [1.82, 2.24) is 19.6 Å². The highest BCUT2D eigenvalue weighted by Gasteiger charge is 2.32. The molecule has 112 valence electrons. The van der Waals surface area contributed by atoms with E-state index >= 15 is 0 Å². The number of hydrogen-bond acceptors (Lipinski definition) is 4. The van der Waals surface area contributed by atoms with Gasteiger partial charge in [0.25, 0.3) is 0 Å². The quantitative estimate of drug-likeness (QED) is 0.928. The Labute approximate surface area is 126 Å². The lowest BCUT2D eigenvalue weighted by atomic mass is 10.0. The minimum Gasteiger partial charge on any atom is -0.344 e. The van der Waals surface area contributed by atoms with Crippen LogP contribution in [0.25, 0.3) is 4.96 Å². The summed E-state index contributed by atoms with van der Waals surface area (Å²) >= 11 is 1.56. The van der Waals surface area contributed by atoms with Gasteiger partial charge in [-0.1, -0.05) is 13.8 Å². The predicted octanol–water partition coefficient (Wildman–Crippen LogP) is 1.27. The maximum Gasteiger partial charge on any atom is 0.245 e. The number of thiazole rings is 1. The van der Waals surface area contributed by atoms with Crippen molar-refractivity contribution in [2.24, 2.45) is 5.92 Å². The molecule has 2 amide bonds. The van der Waals surface area contributed by atoms with E-state index in [4.69, 9.17) is 0 Å². The summed E-state index contributed by atoms with van der Waals surface area (Å²) in [5.41, 5.74) is 0.854. The third-order valence-corrected chi connectivity index (χ3v) is 4.44. The van der Waals surface area contributed by atoms with Crippen LogP contribution in [0.2, 0.25) is 0 Å². The Morgan fingerprint density at radius 3 is 3.00 bits per heavy atom. The van der Waals surface area contributed by atoms with E-state index in [1.54, 1.807) is 16.2 Å². The van der Waals surface area contributed by atoms with E-state index in [1.165, 1.54) is 0 Å². The van der Waals surface area contributed by atoms with Gasteiger partial charge in [-0.15, -0.1) is 11.3 Å². The molecule has 0 bridgehead atoms. The summed E-state index contributed by atoms with van der Waals surface area (Å²) < 4.78 is 1.95. The average Bonchev–Trinajstić information content (AvgIpc) is 2.96. The minimum absolute atomic E-state index is 0.0211. The third kappa shape index (κ3) is 2.78. The molecule has 7 heteroatoms. The maximum absolute atomic E-state index is 12.6. The van der Waals surface area contributed by atoms with Crippen LogP contribution < -0.4 is 5.32 Å². The lowest BCUT2D eigenvalue weighted by Gasteiger charge is -2.25. The fourth-order valence-electron chi connectivity index (χ4n) is 2.51. The van der Waals surface area contributed by atoms with E-state index in [9.17, 15) is 9.59 Å². The van der Waals surface area contributed by atoms with E-state index in [-0.39, 0.29) is 17.7 Å². The van der Waals surface area contributed by atoms with Crippen molar-refractivity contribution < 1.29 is 9.59 Å². The topological polar surface area (TPSA) is 66.7 Å². The Kier molecular flexibility index (Phi) is 3.67. The number of amides is 2. The number of fused-ring (bicyclic) bond motifs is 1. The number of imidazole rings is 1. The van der Waals surface area contributed by atoms with Crippen LogP contribution in [-0.2, 0) is 16.1 Å². The smallest absolute Gasteiger partial charge is 0.245 e. The molecule has 2 aromatic heterocycles. The SMILES string of the molecule is CC(C)C1NC(=O)CCN(Cc2cn3ccsc3n2)C1=O. The van der Waals surface area contributed by atoms with E-state index < -0.39 is 6.04 Å². The van der Waals surface area contributed by atoms with Crippen LogP contribution in [0.5, 0.6) is 0 Å². The summed E-state index contributed by atoms with van der Waals surface area (Å²) in [6.07, 6.45) is 4.23. The molecule has 3 rings (SSSR count). The Hall–Kier alpha value is -1.89. The molecule has 0 spiro atoms. The molecule has 1 fully saturated rings. The van der Waals surface area contributed by atoms with Gasteiger partial charge in [0.1, 0.15) is 6.04 Å². The van der Waals surface area contributed by atoms with Gasteiger partial charge in [-0.2, -0.15) is 0 Å². The van der Waals surface area contributed by atoms with Crippen molar-refractivity contribution in [3.8, 4) is 0 Å². The fourth-order valence-corrected chi connectivity index (χ4v) is 3.23. The normalized spacial score (nSPS) is 20.1. The molecular formula is C14H18N4O2S. The van der Waals surface area contributed by atoms with E-state index in [0.29, 0.717) is 19.5 Å². The summed E-state index contributed by atoms with van der Waals surface area (Å²) in [5, 5.41) is 4.78. The Balaban J connectivity index is 1.80. The molecule has 0 aromatic carbocycles. The van der Waals surface area contributed by atoms with Crippen molar-refractivity contribution in [3.05, 3.63) is 23.5 Å². The van der Waals surface area contributed by atoms with Crippen molar-refractivity contribution in [2.75, 3.05) is 6.54 Å². The lowest BCUT2D eigenvalue weighted by molar-refractivity contribution is -0.135. The summed E-state index contributed by atoms with van der Waals surface area (Å²) in [5.74, 6) is -0.00452. The molecule has 1 atom stereocenters. The number of aromatic nitrogens is 2. The largest absolute Gasteiger partial charge is 0.344 e. The van der Waals surface area contributed by atoms with Gasteiger partial charge in [0.2, 0.25) is 11.8 Å². The van der Waals surface area contributed by atoms with Crippen molar-refractivity contribution in [3.63, 3.8) is 0 Å². The van der Waals surface area contributed by atoms with Crippen LogP contribution >= 0.6 is 11.3 Å². The number of hydrogen-bond donors (Lipinski definition) is 1. The monoisotopic (exact) mass is 306 g/mol. The van der Waals surface area contributed by atoms with Gasteiger partial charge in [-0.25, -0.2) is 4.98 Å². The molecular weight excluding hydrogens is 288 g/mol. The van der Waals surface area contributed by atoms with Gasteiger partial charge in [-0.3, -0.25) is 14.0 Å². The number of nitrogens with zero attached hydrogens (tertiary/aromatic N) is 3. The van der Waals surface area contributed by atoms with Crippen molar-refractivity contribution in [1.29, 1.82) is 0 Å². The molecule has 2 aromatic rings. The molecule has 0 radical (unpaired) electrons. The van der Waals surface area contributed by atoms with E-state index in [2.05, 4.69) is 10.3 Å². The first-order chi connectivity index (χ1) is 10.0. The minimum atomic E-state index is -0.441. The molecule has 0 saturated carbocycles. The fraction of sp³-hybridized carbons (Fsp3) is 0.500. The molecule has 1 aliphatic rings. The number of nitrogens with one attached hydrogen (secondary N) is 1. The first-order valence-electron chi connectivity index (χ1n) is 7.04. The summed E-state index contributed by atoms with van der Waals surface area (Å²) in [6, 6.07) is -0.441. The second-order valence-electron chi connectivity index (χ2n) is 5.62. The third-order valence-electron chi connectivity index (χ3n) is 3.67. The first kappa shape index (κ1) is 14.1. The van der Waals surface area contributed by atoms with E-state index in [0.717, 1.165) is 10.7 Å². The van der Waals surface area contributed by atoms with Crippen LogP contribution in [-0.4, -0.2) is 38.7 Å². The highest BCUT2D eigenvalue weighted by Crippen LogP contribution is 2.16. The molecule has 1 saturated heterocycles. The van der Waals surface area contributed by atoms with Crippen molar-refractivity contribution in [2.45, 2.75) is 32.9 Å². The molecule has 1 aliphatic heterocycles. The number of rotatable bonds is 3. The second-order valence-corrected chi connectivity index (χ2v) is 6.50. The van der Waals surface area contributed by atoms with Crippen LogP contribution in [0, 0.1) is 5.92 Å². The zero-order valence-corrected chi connectivity index (χ0v) is 12.9. The zero-order chi connectivity index (χ0) is 15.0. The van der Waals surface area contributed by atoms with Crippen LogP contribution in [0.15, 0.2) is 17.8 Å². The summed E-state index contributed by atoms with van der Waals surface area (Å²) in [7, 11) is 0. The van der Waals surface area contributed by atoms with Gasteiger partial charge in [0.15, 0.2) is 4.96 Å². The van der Waals surface area contributed by atoms with Crippen LogP contribution in [0.1, 0.15) is 26.0 Å². The average molecular weight is 306 g/mol. The van der Waals surface area contributed by atoms with Crippen LogP contribution in [0.4, 0.5) is 0 Å². The Morgan fingerprint density at radius 1 is 1.48 bits per heavy atom. The first-order valence-corrected chi connectivity index (χ1v) is 7.92. The standard InChI is InChI=1S/C14H18N4O2S/c1-9(2)12-13(20)17(4-3-11(19)16-12)7-10-8-18-5-6-21-14(18)15-10/h5-6,8-9,12H,3-4,7H2,1-2H3,(H,16,19). The number of carbonyl (C=O) groups excluding carboxylic acids is 2. The maximum atomic E-state index is 12.6. The zero-order valence-electron chi connectivity index (χ0n) is 12.1. The van der Waals surface area contributed by atoms with E-state index in [1.807, 2.05) is 36.0 Å².